The number of nitrogens with two attached hydrogens (primary N) is 1. The summed E-state index contributed by atoms with van der Waals surface area (Å²) in [7, 11) is 0. The monoisotopic (exact) mass is 252 g/mol. The predicted molar refractivity (Wildman–Crippen MR) is 76.8 cm³/mol. The van der Waals surface area contributed by atoms with Crippen molar-refractivity contribution >= 4 is 10.9 Å². The lowest BCUT2D eigenvalue weighted by atomic mass is 10.1. The molecule has 0 aliphatic heterocycles. The highest BCUT2D eigenvalue weighted by Gasteiger charge is 2.06. The predicted octanol–water partition coefficient (Wildman–Crippen LogP) is 2.43. The fraction of sp³-hybridized carbons (Fsp3) is 0.200. The maximum atomic E-state index is 5.50. The van der Waals surface area contributed by atoms with Crippen LogP contribution in [0.5, 0.6) is 0 Å². The van der Waals surface area contributed by atoms with Gasteiger partial charge in [0.05, 0.1) is 17.6 Å². The number of nitrogens with zero attached hydrogens (tertiary/aromatic N) is 2. The highest BCUT2D eigenvalue weighted by atomic mass is 14.8. The van der Waals surface area contributed by atoms with Crippen LogP contribution in [0.15, 0.2) is 36.7 Å². The van der Waals surface area contributed by atoms with Gasteiger partial charge >= 0.3 is 0 Å². The Hall–Kier alpha value is -2.20. The number of rotatable bonds is 3. The Kier molecular flexibility index (Phi) is 3.01. The summed E-state index contributed by atoms with van der Waals surface area (Å²) >= 11 is 0. The summed E-state index contributed by atoms with van der Waals surface area (Å²) in [6.07, 6.45) is 4.35. The standard InChI is InChI=1S/C15H16N4/c1-10-3-2-4-13-12(10)7-14(19-13)15-9-17-11(5-6-16)8-18-15/h2-4,7-9,19H,5-6,16H2,1H3. The molecule has 2 heterocycles. The average molecular weight is 252 g/mol. The zero-order valence-electron chi connectivity index (χ0n) is 10.9. The highest BCUT2D eigenvalue weighted by molar-refractivity contribution is 5.87. The first kappa shape index (κ1) is 11.9. The van der Waals surface area contributed by atoms with Crippen molar-refractivity contribution in [3.05, 3.63) is 47.9 Å². The van der Waals surface area contributed by atoms with Crippen molar-refractivity contribution in [2.45, 2.75) is 13.3 Å². The van der Waals surface area contributed by atoms with Gasteiger partial charge in [0.2, 0.25) is 0 Å². The number of aromatic nitrogens is 3. The maximum absolute atomic E-state index is 5.50. The van der Waals surface area contributed by atoms with Crippen LogP contribution in [0.3, 0.4) is 0 Å². The smallest absolute Gasteiger partial charge is 0.105 e. The van der Waals surface area contributed by atoms with Crippen molar-refractivity contribution in [3.63, 3.8) is 0 Å². The molecule has 0 saturated heterocycles. The number of hydrogen-bond donors (Lipinski definition) is 2. The Morgan fingerprint density at radius 3 is 2.79 bits per heavy atom. The van der Waals surface area contributed by atoms with Crippen LogP contribution < -0.4 is 5.73 Å². The van der Waals surface area contributed by atoms with Gasteiger partial charge in [0, 0.05) is 23.5 Å². The topological polar surface area (TPSA) is 67.6 Å². The summed E-state index contributed by atoms with van der Waals surface area (Å²) in [6, 6.07) is 8.35. The minimum Gasteiger partial charge on any atom is -0.353 e. The van der Waals surface area contributed by atoms with E-state index in [9.17, 15) is 0 Å². The molecular formula is C15H16N4. The third kappa shape index (κ3) is 2.22. The summed E-state index contributed by atoms with van der Waals surface area (Å²) in [6.45, 7) is 2.70. The van der Waals surface area contributed by atoms with Gasteiger partial charge < -0.3 is 10.7 Å². The zero-order valence-corrected chi connectivity index (χ0v) is 10.9. The van der Waals surface area contributed by atoms with E-state index in [0.717, 1.165) is 29.0 Å². The van der Waals surface area contributed by atoms with Crippen LogP contribution in [-0.4, -0.2) is 21.5 Å². The lowest BCUT2D eigenvalue weighted by Crippen LogP contribution is -2.04. The molecule has 3 aromatic rings. The lowest BCUT2D eigenvalue weighted by Gasteiger charge is -1.99. The van der Waals surface area contributed by atoms with E-state index in [1.54, 1.807) is 12.4 Å². The van der Waals surface area contributed by atoms with E-state index in [0.29, 0.717) is 6.54 Å². The second-order valence-corrected chi connectivity index (χ2v) is 4.65. The molecule has 3 N–H and O–H groups in total. The molecular weight excluding hydrogens is 236 g/mol. The molecule has 4 heteroatoms. The number of fused-ring (bicyclic) bond motifs is 1. The van der Waals surface area contributed by atoms with Crippen molar-refractivity contribution < 1.29 is 0 Å². The summed E-state index contributed by atoms with van der Waals surface area (Å²) in [4.78, 5) is 12.2. The summed E-state index contributed by atoms with van der Waals surface area (Å²) in [5, 5.41) is 1.23. The van der Waals surface area contributed by atoms with E-state index in [-0.39, 0.29) is 0 Å². The Morgan fingerprint density at radius 2 is 2.11 bits per heavy atom. The molecule has 0 saturated carbocycles. The van der Waals surface area contributed by atoms with Crippen molar-refractivity contribution in [1.29, 1.82) is 0 Å². The van der Waals surface area contributed by atoms with Crippen molar-refractivity contribution in [3.8, 4) is 11.4 Å². The molecule has 4 nitrogen and oxygen atoms in total. The Bertz CT molecular complexity index is 698. The van der Waals surface area contributed by atoms with Crippen LogP contribution >= 0.6 is 0 Å². The summed E-state index contributed by atoms with van der Waals surface area (Å²) in [5.41, 5.74) is 10.7. The number of aryl methyl sites for hydroxylation is 1. The molecule has 1 aromatic carbocycles. The molecule has 96 valence electrons. The van der Waals surface area contributed by atoms with Crippen molar-refractivity contribution in [2.24, 2.45) is 5.73 Å². The SMILES string of the molecule is Cc1cccc2[nH]c(-c3cnc(CCN)cn3)cc12. The molecule has 0 fully saturated rings. The third-order valence-electron chi connectivity index (χ3n) is 3.26. The molecule has 0 spiro atoms. The van der Waals surface area contributed by atoms with Crippen LogP contribution in [-0.2, 0) is 6.42 Å². The van der Waals surface area contributed by atoms with Crippen molar-refractivity contribution in [2.75, 3.05) is 6.54 Å². The first-order chi connectivity index (χ1) is 9.28. The van der Waals surface area contributed by atoms with Gasteiger partial charge in [0.15, 0.2) is 0 Å². The van der Waals surface area contributed by atoms with Gasteiger partial charge in [-0.05, 0) is 31.2 Å². The number of hydrogen-bond acceptors (Lipinski definition) is 3. The van der Waals surface area contributed by atoms with Crippen LogP contribution in [0, 0.1) is 6.92 Å². The van der Waals surface area contributed by atoms with Gasteiger partial charge in [-0.1, -0.05) is 12.1 Å². The highest BCUT2D eigenvalue weighted by Crippen LogP contribution is 2.24. The Labute approximate surface area is 111 Å². The summed E-state index contributed by atoms with van der Waals surface area (Å²) < 4.78 is 0. The fourth-order valence-corrected chi connectivity index (χ4v) is 2.22. The number of nitrogens with one attached hydrogen (secondary N) is 1. The zero-order chi connectivity index (χ0) is 13.2. The van der Waals surface area contributed by atoms with Gasteiger partial charge in [-0.25, -0.2) is 0 Å². The fourth-order valence-electron chi connectivity index (χ4n) is 2.22. The quantitative estimate of drug-likeness (QED) is 0.752. The molecule has 0 atom stereocenters. The maximum Gasteiger partial charge on any atom is 0.105 e. The van der Waals surface area contributed by atoms with Crippen molar-refractivity contribution in [1.82, 2.24) is 15.0 Å². The molecule has 0 aliphatic carbocycles. The number of aromatic amines is 1. The second-order valence-electron chi connectivity index (χ2n) is 4.65. The van der Waals surface area contributed by atoms with Crippen LogP contribution in [0.2, 0.25) is 0 Å². The van der Waals surface area contributed by atoms with Crippen LogP contribution in [0.4, 0.5) is 0 Å². The minimum atomic E-state index is 0.597. The number of benzene rings is 1. The van der Waals surface area contributed by atoms with Gasteiger partial charge in [-0.2, -0.15) is 0 Å². The first-order valence-electron chi connectivity index (χ1n) is 6.37. The second kappa shape index (κ2) is 4.82. The molecule has 3 rings (SSSR count). The summed E-state index contributed by atoms with van der Waals surface area (Å²) in [5.74, 6) is 0. The largest absolute Gasteiger partial charge is 0.353 e. The Balaban J connectivity index is 2.01. The molecule has 2 aromatic heterocycles. The molecule has 0 bridgehead atoms. The van der Waals surface area contributed by atoms with E-state index in [2.05, 4.69) is 40.1 Å². The molecule has 0 amide bonds. The van der Waals surface area contributed by atoms with E-state index >= 15 is 0 Å². The first-order valence-corrected chi connectivity index (χ1v) is 6.37. The number of H-pyrrole nitrogens is 1. The van der Waals surface area contributed by atoms with Gasteiger partial charge in [-0.3, -0.25) is 9.97 Å². The Morgan fingerprint density at radius 1 is 1.21 bits per heavy atom. The van der Waals surface area contributed by atoms with E-state index in [1.807, 2.05) is 6.07 Å². The average Bonchev–Trinajstić information content (AvgIpc) is 2.85. The molecule has 0 unspecified atom stereocenters. The van der Waals surface area contributed by atoms with E-state index in [4.69, 9.17) is 5.73 Å². The van der Waals surface area contributed by atoms with E-state index < -0.39 is 0 Å². The van der Waals surface area contributed by atoms with Gasteiger partial charge in [-0.15, -0.1) is 0 Å². The van der Waals surface area contributed by atoms with E-state index in [1.165, 1.54) is 10.9 Å². The normalized spacial score (nSPS) is 11.1. The molecule has 0 aliphatic rings. The van der Waals surface area contributed by atoms with Gasteiger partial charge in [0.25, 0.3) is 0 Å². The molecule has 0 radical (unpaired) electrons. The third-order valence-corrected chi connectivity index (χ3v) is 3.26. The van der Waals surface area contributed by atoms with Crippen LogP contribution in [0.25, 0.3) is 22.3 Å². The van der Waals surface area contributed by atoms with Crippen LogP contribution in [0.1, 0.15) is 11.3 Å². The van der Waals surface area contributed by atoms with Gasteiger partial charge in [0.1, 0.15) is 5.69 Å². The molecule has 19 heavy (non-hydrogen) atoms. The lowest BCUT2D eigenvalue weighted by molar-refractivity contribution is 0.909. The minimum absolute atomic E-state index is 0.597.